The molecule has 1 aliphatic heterocycles. The molecule has 0 unspecified atom stereocenters. The molecule has 0 radical (unpaired) electrons. The summed E-state index contributed by atoms with van der Waals surface area (Å²) in [5.41, 5.74) is 0.988. The molecule has 0 aliphatic carbocycles. The SMILES string of the molecule is CCCS(=O)(=O)N(C)[C@@H]1CCCN(c2cccc(C)n2)C1. The Morgan fingerprint density at radius 2 is 2.19 bits per heavy atom. The van der Waals surface area contributed by atoms with Crippen molar-refractivity contribution in [1.29, 1.82) is 0 Å². The normalized spacial score (nSPS) is 20.0. The number of sulfonamides is 1. The molecular formula is C15H25N3O2S. The van der Waals surface area contributed by atoms with Crippen molar-refractivity contribution in [3.63, 3.8) is 0 Å². The average molecular weight is 311 g/mol. The summed E-state index contributed by atoms with van der Waals surface area (Å²) in [4.78, 5) is 6.74. The summed E-state index contributed by atoms with van der Waals surface area (Å²) in [5, 5.41) is 0. The van der Waals surface area contributed by atoms with Crippen molar-refractivity contribution in [3.8, 4) is 0 Å². The van der Waals surface area contributed by atoms with E-state index in [1.807, 2.05) is 32.0 Å². The van der Waals surface area contributed by atoms with E-state index in [1.165, 1.54) is 0 Å². The zero-order valence-electron chi connectivity index (χ0n) is 13.1. The minimum atomic E-state index is -3.14. The highest BCUT2D eigenvalue weighted by molar-refractivity contribution is 7.89. The Labute approximate surface area is 128 Å². The Balaban J connectivity index is 2.10. The predicted octanol–water partition coefficient (Wildman–Crippen LogP) is 2.03. The number of aryl methyl sites for hydroxylation is 1. The lowest BCUT2D eigenvalue weighted by Crippen LogP contribution is -2.49. The van der Waals surface area contributed by atoms with Crippen molar-refractivity contribution >= 4 is 15.8 Å². The molecule has 0 saturated carbocycles. The molecular weight excluding hydrogens is 286 g/mol. The van der Waals surface area contributed by atoms with Gasteiger partial charge in [0.25, 0.3) is 0 Å². The summed E-state index contributed by atoms with van der Waals surface area (Å²) in [7, 11) is -1.43. The zero-order chi connectivity index (χ0) is 15.5. The number of pyridine rings is 1. The topological polar surface area (TPSA) is 53.5 Å². The van der Waals surface area contributed by atoms with Gasteiger partial charge in [0, 0.05) is 31.9 Å². The molecule has 1 saturated heterocycles. The third-order valence-corrected chi connectivity index (χ3v) is 6.11. The van der Waals surface area contributed by atoms with E-state index in [1.54, 1.807) is 11.4 Å². The summed E-state index contributed by atoms with van der Waals surface area (Å²) in [6, 6.07) is 6.01. The summed E-state index contributed by atoms with van der Waals surface area (Å²) < 4.78 is 26.0. The lowest BCUT2D eigenvalue weighted by molar-refractivity contribution is 0.319. The maximum Gasteiger partial charge on any atom is 0.214 e. The highest BCUT2D eigenvalue weighted by atomic mass is 32.2. The molecule has 2 rings (SSSR count). The van der Waals surface area contributed by atoms with Gasteiger partial charge in [-0.05, 0) is 38.3 Å². The van der Waals surface area contributed by atoms with Crippen molar-refractivity contribution in [1.82, 2.24) is 9.29 Å². The predicted molar refractivity (Wildman–Crippen MR) is 86.0 cm³/mol. The second-order valence-electron chi connectivity index (χ2n) is 5.71. The summed E-state index contributed by atoms with van der Waals surface area (Å²) in [5.74, 6) is 1.17. The Morgan fingerprint density at radius 3 is 2.86 bits per heavy atom. The van der Waals surface area contributed by atoms with E-state index < -0.39 is 10.0 Å². The first-order chi connectivity index (χ1) is 9.94. The van der Waals surface area contributed by atoms with Gasteiger partial charge in [-0.3, -0.25) is 0 Å². The smallest absolute Gasteiger partial charge is 0.214 e. The average Bonchev–Trinajstić information content (AvgIpc) is 2.46. The van der Waals surface area contributed by atoms with Crippen LogP contribution in [0.5, 0.6) is 0 Å². The second-order valence-corrected chi connectivity index (χ2v) is 7.86. The Bertz CT molecular complexity index is 574. The van der Waals surface area contributed by atoms with E-state index >= 15 is 0 Å². The lowest BCUT2D eigenvalue weighted by Gasteiger charge is -2.37. The minimum Gasteiger partial charge on any atom is -0.355 e. The van der Waals surface area contributed by atoms with Crippen LogP contribution in [0.1, 0.15) is 31.9 Å². The minimum absolute atomic E-state index is 0.0395. The maximum atomic E-state index is 12.2. The van der Waals surface area contributed by atoms with Gasteiger partial charge >= 0.3 is 0 Å². The van der Waals surface area contributed by atoms with Crippen LogP contribution >= 0.6 is 0 Å². The van der Waals surface area contributed by atoms with E-state index in [-0.39, 0.29) is 11.8 Å². The fraction of sp³-hybridized carbons (Fsp3) is 0.667. The molecule has 1 fully saturated rings. The van der Waals surface area contributed by atoms with Crippen LogP contribution in [0.15, 0.2) is 18.2 Å². The second kappa shape index (κ2) is 6.75. The van der Waals surface area contributed by atoms with Gasteiger partial charge in [0.2, 0.25) is 10.0 Å². The molecule has 6 heteroatoms. The van der Waals surface area contributed by atoms with Gasteiger partial charge in [0.15, 0.2) is 0 Å². The molecule has 1 aromatic heterocycles. The number of nitrogens with zero attached hydrogens (tertiary/aromatic N) is 3. The molecule has 0 N–H and O–H groups in total. The standard InChI is InChI=1S/C15H25N3O2S/c1-4-11-21(19,20)17(3)14-8-6-10-18(12-14)15-9-5-7-13(2)16-15/h5,7,9,14H,4,6,8,10-12H2,1-3H3/t14-/m1/s1. The molecule has 1 aromatic rings. The van der Waals surface area contributed by atoms with Crippen LogP contribution in [0.25, 0.3) is 0 Å². The van der Waals surface area contributed by atoms with E-state index in [0.29, 0.717) is 6.42 Å². The third-order valence-electron chi connectivity index (χ3n) is 4.01. The van der Waals surface area contributed by atoms with Gasteiger partial charge in [-0.1, -0.05) is 13.0 Å². The van der Waals surface area contributed by atoms with Crippen LogP contribution < -0.4 is 4.90 Å². The molecule has 5 nitrogen and oxygen atoms in total. The van der Waals surface area contributed by atoms with Crippen molar-refractivity contribution in [2.75, 3.05) is 30.8 Å². The van der Waals surface area contributed by atoms with Gasteiger partial charge < -0.3 is 4.90 Å². The molecule has 2 heterocycles. The van der Waals surface area contributed by atoms with Crippen molar-refractivity contribution in [2.45, 2.75) is 39.2 Å². The fourth-order valence-electron chi connectivity index (χ4n) is 2.79. The molecule has 118 valence electrons. The van der Waals surface area contributed by atoms with Gasteiger partial charge in [-0.25, -0.2) is 17.7 Å². The Kier molecular flexibility index (Phi) is 5.22. The largest absolute Gasteiger partial charge is 0.355 e. The van der Waals surface area contributed by atoms with Crippen LogP contribution in [-0.4, -0.2) is 49.6 Å². The molecule has 0 bridgehead atoms. The van der Waals surface area contributed by atoms with Crippen LogP contribution in [0.3, 0.4) is 0 Å². The Hall–Kier alpha value is -1.14. The van der Waals surface area contributed by atoms with Crippen LogP contribution in [-0.2, 0) is 10.0 Å². The number of hydrogen-bond acceptors (Lipinski definition) is 4. The molecule has 0 amide bonds. The molecule has 0 aromatic carbocycles. The van der Waals surface area contributed by atoms with Crippen molar-refractivity contribution in [3.05, 3.63) is 23.9 Å². The fourth-order valence-corrected chi connectivity index (χ4v) is 4.22. The summed E-state index contributed by atoms with van der Waals surface area (Å²) in [6.07, 6.45) is 2.57. The quantitative estimate of drug-likeness (QED) is 0.835. The first-order valence-corrected chi connectivity index (χ1v) is 9.19. The van der Waals surface area contributed by atoms with Crippen molar-refractivity contribution < 1.29 is 8.42 Å². The van der Waals surface area contributed by atoms with E-state index in [9.17, 15) is 8.42 Å². The van der Waals surface area contributed by atoms with Gasteiger partial charge in [0.05, 0.1) is 5.75 Å². The van der Waals surface area contributed by atoms with Gasteiger partial charge in [-0.15, -0.1) is 0 Å². The maximum absolute atomic E-state index is 12.2. The van der Waals surface area contributed by atoms with E-state index in [4.69, 9.17) is 0 Å². The number of anilines is 1. The monoisotopic (exact) mass is 311 g/mol. The summed E-state index contributed by atoms with van der Waals surface area (Å²) in [6.45, 7) is 5.53. The third kappa shape index (κ3) is 3.95. The molecule has 0 spiro atoms. The lowest BCUT2D eigenvalue weighted by atomic mass is 10.1. The summed E-state index contributed by atoms with van der Waals surface area (Å²) >= 11 is 0. The molecule has 21 heavy (non-hydrogen) atoms. The first-order valence-electron chi connectivity index (χ1n) is 7.58. The highest BCUT2D eigenvalue weighted by Crippen LogP contribution is 2.22. The Morgan fingerprint density at radius 1 is 1.43 bits per heavy atom. The number of aromatic nitrogens is 1. The molecule has 1 atom stereocenters. The number of likely N-dealkylation sites (N-methyl/N-ethyl adjacent to an activating group) is 1. The highest BCUT2D eigenvalue weighted by Gasteiger charge is 2.30. The van der Waals surface area contributed by atoms with Crippen LogP contribution in [0.4, 0.5) is 5.82 Å². The molecule has 1 aliphatic rings. The van der Waals surface area contributed by atoms with Crippen molar-refractivity contribution in [2.24, 2.45) is 0 Å². The van der Waals surface area contributed by atoms with Crippen LogP contribution in [0, 0.1) is 6.92 Å². The number of hydrogen-bond donors (Lipinski definition) is 0. The van der Waals surface area contributed by atoms with Crippen LogP contribution in [0.2, 0.25) is 0 Å². The van der Waals surface area contributed by atoms with Gasteiger partial charge in [0.1, 0.15) is 5.82 Å². The first kappa shape index (κ1) is 16.2. The zero-order valence-corrected chi connectivity index (χ0v) is 13.9. The number of piperidine rings is 1. The van der Waals surface area contributed by atoms with Gasteiger partial charge in [-0.2, -0.15) is 0 Å². The van der Waals surface area contributed by atoms with E-state index in [0.717, 1.165) is 37.4 Å². The van der Waals surface area contributed by atoms with E-state index in [2.05, 4.69) is 9.88 Å². The number of rotatable bonds is 5.